The summed E-state index contributed by atoms with van der Waals surface area (Å²) in [5.74, 6) is 0.909. The van der Waals surface area contributed by atoms with Crippen molar-refractivity contribution >= 4 is 17.9 Å². The largest absolute Gasteiger partial charge is 0.497 e. The highest BCUT2D eigenvalue weighted by molar-refractivity contribution is 6.00. The highest BCUT2D eigenvalue weighted by Crippen LogP contribution is 2.28. The molecule has 0 heterocycles. The number of benzene rings is 3. The lowest BCUT2D eigenvalue weighted by molar-refractivity contribution is 0.101. The van der Waals surface area contributed by atoms with E-state index in [1.54, 1.807) is 14.0 Å². The van der Waals surface area contributed by atoms with Crippen LogP contribution >= 0.6 is 0 Å². The second-order valence-corrected chi connectivity index (χ2v) is 6.29. The van der Waals surface area contributed by atoms with Gasteiger partial charge in [0.25, 0.3) is 0 Å². The molecule has 0 atom stereocenters. The fourth-order valence-electron chi connectivity index (χ4n) is 3.13. The number of rotatable bonds is 5. The molecule has 0 radical (unpaired) electrons. The number of aryl methyl sites for hydroxylation is 1. The maximum atomic E-state index is 12.2. The summed E-state index contributed by atoms with van der Waals surface area (Å²) >= 11 is 0. The van der Waals surface area contributed by atoms with Gasteiger partial charge in [0.1, 0.15) is 5.75 Å². The number of hydrogen-bond acceptors (Lipinski definition) is 2. The average Bonchev–Trinajstić information content (AvgIpc) is 2.66. The van der Waals surface area contributed by atoms with Gasteiger partial charge >= 0.3 is 0 Å². The molecule has 0 fully saturated rings. The van der Waals surface area contributed by atoms with Crippen LogP contribution in [0.4, 0.5) is 0 Å². The van der Waals surface area contributed by atoms with Crippen LogP contribution < -0.4 is 4.74 Å². The molecular weight excluding hydrogens is 320 g/mol. The van der Waals surface area contributed by atoms with E-state index in [4.69, 9.17) is 4.74 Å². The van der Waals surface area contributed by atoms with E-state index < -0.39 is 0 Å². The molecule has 2 heteroatoms. The summed E-state index contributed by atoms with van der Waals surface area (Å²) in [7, 11) is 1.66. The Kier molecular flexibility index (Phi) is 5.33. The first-order chi connectivity index (χ1) is 12.6. The summed E-state index contributed by atoms with van der Waals surface area (Å²) in [4.78, 5) is 12.2. The van der Waals surface area contributed by atoms with Gasteiger partial charge in [0, 0.05) is 5.56 Å². The first-order valence-electron chi connectivity index (χ1n) is 8.61. The number of hydrogen-bond donors (Lipinski definition) is 0. The number of carbonyl (C=O) groups excluding carboxylic acids is 1. The van der Waals surface area contributed by atoms with Crippen LogP contribution in [0, 0.1) is 6.92 Å². The van der Waals surface area contributed by atoms with Gasteiger partial charge in [0.05, 0.1) is 7.11 Å². The third kappa shape index (κ3) is 3.92. The first-order valence-corrected chi connectivity index (χ1v) is 8.61. The van der Waals surface area contributed by atoms with E-state index in [1.807, 2.05) is 73.7 Å². The second-order valence-electron chi connectivity index (χ2n) is 6.29. The smallest absolute Gasteiger partial charge is 0.160 e. The van der Waals surface area contributed by atoms with E-state index in [2.05, 4.69) is 12.1 Å². The average molecular weight is 342 g/mol. The fraction of sp³-hybridized carbons (Fsp3) is 0.125. The summed E-state index contributed by atoms with van der Waals surface area (Å²) in [6.07, 6.45) is 4.06. The van der Waals surface area contributed by atoms with Crippen molar-refractivity contribution in [2.75, 3.05) is 7.11 Å². The zero-order chi connectivity index (χ0) is 18.5. The van der Waals surface area contributed by atoms with Gasteiger partial charge in [0.2, 0.25) is 0 Å². The van der Waals surface area contributed by atoms with Gasteiger partial charge in [-0.2, -0.15) is 0 Å². The molecule has 0 saturated carbocycles. The van der Waals surface area contributed by atoms with Crippen LogP contribution in [0.15, 0.2) is 66.7 Å². The summed E-state index contributed by atoms with van der Waals surface area (Å²) in [6.45, 7) is 3.61. The molecule has 0 aliphatic carbocycles. The Morgan fingerprint density at radius 1 is 0.885 bits per heavy atom. The minimum atomic E-state index is 0.0801. The molecule has 0 N–H and O–H groups in total. The Labute approximate surface area is 154 Å². The maximum absolute atomic E-state index is 12.2. The standard InChI is InChI=1S/C24H22O2/c1-17-15-22(20-11-13-23(26-3)14-12-20)16-21(24(17)18(2)25)10-9-19-7-5-4-6-8-19/h4-16H,1-3H3/b10-9+. The van der Waals surface area contributed by atoms with Gasteiger partial charge in [-0.15, -0.1) is 0 Å². The second kappa shape index (κ2) is 7.83. The number of Topliss-reactive ketones (excluding diaryl/α,β-unsaturated/α-hetero) is 1. The number of ketones is 1. The molecule has 3 aromatic carbocycles. The Balaban J connectivity index is 2.06. The third-order valence-electron chi connectivity index (χ3n) is 4.40. The molecule has 130 valence electrons. The molecular formula is C24H22O2. The van der Waals surface area contributed by atoms with Crippen LogP contribution in [0.1, 0.15) is 34.0 Å². The first kappa shape index (κ1) is 17.7. The predicted molar refractivity (Wildman–Crippen MR) is 109 cm³/mol. The van der Waals surface area contributed by atoms with Crippen LogP contribution in [0.2, 0.25) is 0 Å². The summed E-state index contributed by atoms with van der Waals surface area (Å²) in [5, 5.41) is 0. The zero-order valence-electron chi connectivity index (χ0n) is 15.3. The molecule has 0 saturated heterocycles. The van der Waals surface area contributed by atoms with Crippen molar-refractivity contribution in [3.63, 3.8) is 0 Å². The molecule has 0 aromatic heterocycles. The minimum Gasteiger partial charge on any atom is -0.497 e. The lowest BCUT2D eigenvalue weighted by atomic mass is 9.92. The van der Waals surface area contributed by atoms with Gasteiger partial charge in [-0.1, -0.05) is 60.7 Å². The Hall–Kier alpha value is -3.13. The van der Waals surface area contributed by atoms with Crippen LogP contribution in [0.3, 0.4) is 0 Å². The maximum Gasteiger partial charge on any atom is 0.160 e. The molecule has 0 unspecified atom stereocenters. The van der Waals surface area contributed by atoms with Crippen LogP contribution in [-0.2, 0) is 0 Å². The van der Waals surface area contributed by atoms with Crippen LogP contribution in [0.5, 0.6) is 5.75 Å². The number of methoxy groups -OCH3 is 1. The van der Waals surface area contributed by atoms with Crippen LogP contribution in [-0.4, -0.2) is 12.9 Å². The molecule has 0 bridgehead atoms. The van der Waals surface area contributed by atoms with E-state index in [0.29, 0.717) is 0 Å². The zero-order valence-corrected chi connectivity index (χ0v) is 15.3. The molecule has 0 aliphatic heterocycles. The summed E-state index contributed by atoms with van der Waals surface area (Å²) < 4.78 is 5.23. The molecule has 3 rings (SSSR count). The SMILES string of the molecule is COc1ccc(-c2cc(C)c(C(C)=O)c(/C=C/c3ccccc3)c2)cc1. The van der Waals surface area contributed by atoms with Crippen molar-refractivity contribution in [2.24, 2.45) is 0 Å². The minimum absolute atomic E-state index is 0.0801. The van der Waals surface area contributed by atoms with Crippen LogP contribution in [0.25, 0.3) is 23.3 Å². The van der Waals surface area contributed by atoms with Crippen molar-refractivity contribution in [3.05, 3.63) is 89.0 Å². The molecule has 0 aliphatic rings. The predicted octanol–water partition coefficient (Wildman–Crippen LogP) is 6.04. The van der Waals surface area contributed by atoms with Crippen molar-refractivity contribution in [2.45, 2.75) is 13.8 Å². The monoisotopic (exact) mass is 342 g/mol. The van der Waals surface area contributed by atoms with E-state index in [0.717, 1.165) is 39.1 Å². The topological polar surface area (TPSA) is 26.3 Å². The molecule has 26 heavy (non-hydrogen) atoms. The van der Waals surface area contributed by atoms with Gasteiger partial charge in [0.15, 0.2) is 5.78 Å². The normalized spacial score (nSPS) is 10.9. The molecule has 0 spiro atoms. The highest BCUT2D eigenvalue weighted by atomic mass is 16.5. The lowest BCUT2D eigenvalue weighted by Gasteiger charge is -2.12. The summed E-state index contributed by atoms with van der Waals surface area (Å²) in [5.41, 5.74) is 5.98. The van der Waals surface area contributed by atoms with Crippen molar-refractivity contribution in [1.82, 2.24) is 0 Å². The van der Waals surface area contributed by atoms with E-state index >= 15 is 0 Å². The van der Waals surface area contributed by atoms with Crippen molar-refractivity contribution in [1.29, 1.82) is 0 Å². The van der Waals surface area contributed by atoms with Gasteiger partial charge < -0.3 is 4.74 Å². The number of carbonyl (C=O) groups is 1. The van der Waals surface area contributed by atoms with E-state index in [1.165, 1.54) is 0 Å². The highest BCUT2D eigenvalue weighted by Gasteiger charge is 2.12. The fourth-order valence-corrected chi connectivity index (χ4v) is 3.13. The number of ether oxygens (including phenoxy) is 1. The summed E-state index contributed by atoms with van der Waals surface area (Å²) in [6, 6.07) is 22.2. The van der Waals surface area contributed by atoms with Crippen molar-refractivity contribution in [3.8, 4) is 16.9 Å². The Morgan fingerprint density at radius 2 is 1.58 bits per heavy atom. The van der Waals surface area contributed by atoms with Crippen molar-refractivity contribution < 1.29 is 9.53 Å². The molecule has 3 aromatic rings. The van der Waals surface area contributed by atoms with E-state index in [-0.39, 0.29) is 5.78 Å². The third-order valence-corrected chi connectivity index (χ3v) is 4.40. The Morgan fingerprint density at radius 3 is 2.19 bits per heavy atom. The van der Waals surface area contributed by atoms with Gasteiger partial charge in [-0.25, -0.2) is 0 Å². The van der Waals surface area contributed by atoms with Gasteiger partial charge in [-0.05, 0) is 59.9 Å². The molecule has 2 nitrogen and oxygen atoms in total. The van der Waals surface area contributed by atoms with E-state index in [9.17, 15) is 4.79 Å². The Bertz CT molecular complexity index is 936. The van der Waals surface area contributed by atoms with Gasteiger partial charge in [-0.3, -0.25) is 4.79 Å². The quantitative estimate of drug-likeness (QED) is 0.417. The lowest BCUT2D eigenvalue weighted by Crippen LogP contribution is -2.00. The molecule has 0 amide bonds.